The summed E-state index contributed by atoms with van der Waals surface area (Å²) in [5.74, 6) is 0.963. The van der Waals surface area contributed by atoms with Crippen LogP contribution in [0.25, 0.3) is 0 Å². The summed E-state index contributed by atoms with van der Waals surface area (Å²) in [4.78, 5) is 0. The smallest absolute Gasteiger partial charge is 0.126 e. The predicted octanol–water partition coefficient (Wildman–Crippen LogP) is 3.55. The molecule has 1 rings (SSSR count). The first kappa shape index (κ1) is 10.5. The van der Waals surface area contributed by atoms with Crippen molar-refractivity contribution >= 4 is 11.6 Å². The van der Waals surface area contributed by atoms with Gasteiger partial charge in [-0.25, -0.2) is 4.39 Å². The van der Waals surface area contributed by atoms with Crippen molar-refractivity contribution in [3.8, 4) is 0 Å². The highest BCUT2D eigenvalue weighted by molar-refractivity contribution is 6.18. The van der Waals surface area contributed by atoms with Gasteiger partial charge in [0.05, 0.1) is 0 Å². The SMILES string of the molecule is Cc1cc(CC(C)CCl)ccc1F. The molecule has 0 aliphatic rings. The molecular weight excluding hydrogens is 187 g/mol. The van der Waals surface area contributed by atoms with Gasteiger partial charge in [0, 0.05) is 5.88 Å². The number of rotatable bonds is 3. The third kappa shape index (κ3) is 3.00. The van der Waals surface area contributed by atoms with Gasteiger partial charge in [-0.15, -0.1) is 11.6 Å². The third-order valence-corrected chi connectivity index (χ3v) is 2.60. The molecule has 2 heteroatoms. The van der Waals surface area contributed by atoms with Crippen molar-refractivity contribution in [1.29, 1.82) is 0 Å². The molecule has 0 radical (unpaired) electrons. The van der Waals surface area contributed by atoms with Crippen molar-refractivity contribution in [3.05, 3.63) is 35.1 Å². The molecule has 13 heavy (non-hydrogen) atoms. The molecule has 0 aliphatic heterocycles. The topological polar surface area (TPSA) is 0 Å². The molecule has 1 atom stereocenters. The van der Waals surface area contributed by atoms with Crippen molar-refractivity contribution in [2.24, 2.45) is 5.92 Å². The lowest BCUT2D eigenvalue weighted by molar-refractivity contribution is 0.613. The van der Waals surface area contributed by atoms with Crippen LogP contribution >= 0.6 is 11.6 Å². The van der Waals surface area contributed by atoms with Crippen LogP contribution in [0.2, 0.25) is 0 Å². The lowest BCUT2D eigenvalue weighted by atomic mass is 10.0. The zero-order chi connectivity index (χ0) is 9.84. The normalized spacial score (nSPS) is 12.9. The van der Waals surface area contributed by atoms with Gasteiger partial charge in [0.25, 0.3) is 0 Å². The van der Waals surface area contributed by atoms with Crippen LogP contribution in [-0.4, -0.2) is 5.88 Å². The Morgan fingerprint density at radius 2 is 2.15 bits per heavy atom. The van der Waals surface area contributed by atoms with Crippen molar-refractivity contribution < 1.29 is 4.39 Å². The number of alkyl halides is 1. The van der Waals surface area contributed by atoms with E-state index >= 15 is 0 Å². The van der Waals surface area contributed by atoms with Gasteiger partial charge in [-0.05, 0) is 36.5 Å². The molecule has 0 spiro atoms. The monoisotopic (exact) mass is 200 g/mol. The summed E-state index contributed by atoms with van der Waals surface area (Å²) in [7, 11) is 0. The maximum Gasteiger partial charge on any atom is 0.126 e. The first-order valence-electron chi connectivity index (χ1n) is 4.44. The van der Waals surface area contributed by atoms with Crippen molar-refractivity contribution in [2.75, 3.05) is 5.88 Å². The van der Waals surface area contributed by atoms with Gasteiger partial charge in [0.1, 0.15) is 5.82 Å². The minimum Gasteiger partial charge on any atom is -0.207 e. The summed E-state index contributed by atoms with van der Waals surface area (Å²) in [6.45, 7) is 3.87. The molecule has 1 aromatic carbocycles. The Labute approximate surface area is 83.7 Å². The van der Waals surface area contributed by atoms with E-state index in [1.54, 1.807) is 6.92 Å². The predicted molar refractivity (Wildman–Crippen MR) is 54.7 cm³/mol. The summed E-state index contributed by atoms with van der Waals surface area (Å²) in [6.07, 6.45) is 0.921. The van der Waals surface area contributed by atoms with Crippen LogP contribution in [0, 0.1) is 18.7 Å². The molecule has 72 valence electrons. The van der Waals surface area contributed by atoms with E-state index in [-0.39, 0.29) is 5.82 Å². The molecule has 0 aromatic heterocycles. The lowest BCUT2D eigenvalue weighted by Gasteiger charge is -2.08. The summed E-state index contributed by atoms with van der Waals surface area (Å²) in [6, 6.07) is 5.23. The largest absolute Gasteiger partial charge is 0.207 e. The average molecular weight is 201 g/mol. The number of halogens is 2. The Bertz CT molecular complexity index is 283. The zero-order valence-electron chi connectivity index (χ0n) is 7.98. The minimum atomic E-state index is -0.137. The van der Waals surface area contributed by atoms with E-state index in [9.17, 15) is 4.39 Å². The molecule has 0 aliphatic carbocycles. The number of hydrogen-bond donors (Lipinski definition) is 0. The van der Waals surface area contributed by atoms with Crippen molar-refractivity contribution in [1.82, 2.24) is 0 Å². The summed E-state index contributed by atoms with van der Waals surface area (Å²) < 4.78 is 12.9. The fraction of sp³-hybridized carbons (Fsp3) is 0.455. The maximum atomic E-state index is 12.9. The highest BCUT2D eigenvalue weighted by Gasteiger charge is 2.03. The second kappa shape index (κ2) is 4.61. The quantitative estimate of drug-likeness (QED) is 0.655. The maximum absolute atomic E-state index is 12.9. The highest BCUT2D eigenvalue weighted by atomic mass is 35.5. The first-order chi connectivity index (χ1) is 6.13. The molecule has 0 saturated carbocycles. The molecule has 0 N–H and O–H groups in total. The van der Waals surface area contributed by atoms with E-state index in [1.165, 1.54) is 6.07 Å². The number of aryl methyl sites for hydroxylation is 1. The Balaban J connectivity index is 2.73. The highest BCUT2D eigenvalue weighted by Crippen LogP contribution is 2.13. The second-order valence-electron chi connectivity index (χ2n) is 3.55. The molecule has 1 unspecified atom stereocenters. The lowest BCUT2D eigenvalue weighted by Crippen LogP contribution is -2.01. The fourth-order valence-electron chi connectivity index (χ4n) is 1.29. The summed E-state index contributed by atoms with van der Waals surface area (Å²) in [5.41, 5.74) is 1.87. The summed E-state index contributed by atoms with van der Waals surface area (Å²) in [5, 5.41) is 0. The molecule has 0 saturated heterocycles. The van der Waals surface area contributed by atoms with Crippen LogP contribution in [0.5, 0.6) is 0 Å². The second-order valence-corrected chi connectivity index (χ2v) is 3.86. The Kier molecular flexibility index (Phi) is 3.73. The standard InChI is InChI=1S/C11H14ClF/c1-8(7-12)5-10-3-4-11(13)9(2)6-10/h3-4,6,8H,5,7H2,1-2H3. The van der Waals surface area contributed by atoms with Gasteiger partial charge in [-0.1, -0.05) is 19.1 Å². The third-order valence-electron chi connectivity index (χ3n) is 2.07. The van der Waals surface area contributed by atoms with Gasteiger partial charge < -0.3 is 0 Å². The average Bonchev–Trinajstić information content (AvgIpc) is 2.11. The Morgan fingerprint density at radius 3 is 2.69 bits per heavy atom. The van der Waals surface area contributed by atoms with Crippen molar-refractivity contribution in [2.45, 2.75) is 20.3 Å². The van der Waals surface area contributed by atoms with Crippen LogP contribution in [0.15, 0.2) is 18.2 Å². The van der Waals surface area contributed by atoms with E-state index in [0.29, 0.717) is 17.4 Å². The van der Waals surface area contributed by atoms with E-state index in [2.05, 4.69) is 6.92 Å². The first-order valence-corrected chi connectivity index (χ1v) is 4.98. The number of benzene rings is 1. The molecule has 0 bridgehead atoms. The van der Waals surface area contributed by atoms with Gasteiger partial charge >= 0.3 is 0 Å². The van der Waals surface area contributed by atoms with Gasteiger partial charge in [0.2, 0.25) is 0 Å². The molecular formula is C11H14ClF. The molecule has 0 heterocycles. The van der Waals surface area contributed by atoms with Crippen LogP contribution in [-0.2, 0) is 6.42 Å². The zero-order valence-corrected chi connectivity index (χ0v) is 8.74. The van der Waals surface area contributed by atoms with Gasteiger partial charge in [0.15, 0.2) is 0 Å². The van der Waals surface area contributed by atoms with Crippen LogP contribution in [0.4, 0.5) is 4.39 Å². The Morgan fingerprint density at radius 1 is 1.46 bits per heavy atom. The molecule has 0 amide bonds. The van der Waals surface area contributed by atoms with E-state index in [1.807, 2.05) is 12.1 Å². The van der Waals surface area contributed by atoms with E-state index < -0.39 is 0 Å². The van der Waals surface area contributed by atoms with Crippen LogP contribution in [0.3, 0.4) is 0 Å². The molecule has 0 fully saturated rings. The molecule has 0 nitrogen and oxygen atoms in total. The molecule has 1 aromatic rings. The van der Waals surface area contributed by atoms with Crippen molar-refractivity contribution in [3.63, 3.8) is 0 Å². The van der Waals surface area contributed by atoms with Crippen LogP contribution in [0.1, 0.15) is 18.1 Å². The number of hydrogen-bond acceptors (Lipinski definition) is 0. The van der Waals surface area contributed by atoms with Crippen LogP contribution < -0.4 is 0 Å². The van der Waals surface area contributed by atoms with E-state index in [4.69, 9.17) is 11.6 Å². The Hall–Kier alpha value is -0.560. The van der Waals surface area contributed by atoms with Gasteiger partial charge in [-0.2, -0.15) is 0 Å². The summed E-state index contributed by atoms with van der Waals surface area (Å²) >= 11 is 5.70. The van der Waals surface area contributed by atoms with Gasteiger partial charge in [-0.3, -0.25) is 0 Å². The fourth-order valence-corrected chi connectivity index (χ4v) is 1.40. The van der Waals surface area contributed by atoms with E-state index in [0.717, 1.165) is 12.0 Å². The minimum absolute atomic E-state index is 0.137.